The van der Waals surface area contributed by atoms with Crippen LogP contribution in [0.15, 0.2) is 95.5 Å². The van der Waals surface area contributed by atoms with Crippen LogP contribution in [0.25, 0.3) is 34.0 Å². The number of nitrogens with zero attached hydrogens (tertiary/aromatic N) is 2. The Morgan fingerprint density at radius 1 is 0.860 bits per heavy atom. The summed E-state index contributed by atoms with van der Waals surface area (Å²) in [5, 5.41) is 16.4. The number of carboxylic acid groups (broad SMARTS) is 1. The van der Waals surface area contributed by atoms with E-state index in [2.05, 4.69) is 36.2 Å². The second-order valence-corrected chi connectivity index (χ2v) is 11.2. The first-order chi connectivity index (χ1) is 20.5. The van der Waals surface area contributed by atoms with Gasteiger partial charge in [-0.25, -0.2) is 13.6 Å². The minimum atomic E-state index is -1.14. The Bertz CT molecular complexity index is 1760. The standard InChI is InChI=1S/C34H29F2N3O4/c1-34(2,3)25-14-12-23(13-15-25)31(40)37-29(33(41)42)18-20-4-6-22(7-5-20)30-38-32(43-39-30)24-10-8-21(9-11-24)27-17-16-26(35)19-28(27)36/h4-17,19,29H,18H2,1-3H3,(H,37,40)(H,41,42). The van der Waals surface area contributed by atoms with Gasteiger partial charge in [0.15, 0.2) is 0 Å². The van der Waals surface area contributed by atoms with Crippen LogP contribution in [-0.4, -0.2) is 33.2 Å². The van der Waals surface area contributed by atoms with Crippen LogP contribution in [0.4, 0.5) is 8.78 Å². The zero-order valence-corrected chi connectivity index (χ0v) is 23.8. The zero-order chi connectivity index (χ0) is 30.7. The molecular formula is C34H29F2N3O4. The maximum Gasteiger partial charge on any atom is 0.326 e. The van der Waals surface area contributed by atoms with Gasteiger partial charge >= 0.3 is 5.97 Å². The maximum absolute atomic E-state index is 14.1. The number of carbonyl (C=O) groups is 2. The van der Waals surface area contributed by atoms with E-state index in [4.69, 9.17) is 4.52 Å². The number of hydrogen-bond acceptors (Lipinski definition) is 5. The van der Waals surface area contributed by atoms with E-state index in [1.165, 1.54) is 12.1 Å². The molecule has 2 N–H and O–H groups in total. The highest BCUT2D eigenvalue weighted by molar-refractivity contribution is 5.96. The molecule has 0 saturated carbocycles. The number of aromatic nitrogens is 2. The molecular weight excluding hydrogens is 552 g/mol. The monoisotopic (exact) mass is 581 g/mol. The zero-order valence-electron chi connectivity index (χ0n) is 23.8. The predicted octanol–water partition coefficient (Wildman–Crippen LogP) is 7.07. The van der Waals surface area contributed by atoms with Crippen molar-refractivity contribution < 1.29 is 28.0 Å². The van der Waals surface area contributed by atoms with Gasteiger partial charge in [-0.3, -0.25) is 4.79 Å². The molecule has 0 bridgehead atoms. The van der Waals surface area contributed by atoms with Crippen LogP contribution in [0.3, 0.4) is 0 Å². The third-order valence-electron chi connectivity index (χ3n) is 7.07. The third kappa shape index (κ3) is 6.83. The highest BCUT2D eigenvalue weighted by atomic mass is 19.1. The summed E-state index contributed by atoms with van der Waals surface area (Å²) in [7, 11) is 0. The number of aliphatic carboxylic acids is 1. The molecule has 7 nitrogen and oxygen atoms in total. The Hall–Kier alpha value is -5.18. The van der Waals surface area contributed by atoms with Crippen molar-refractivity contribution in [3.05, 3.63) is 119 Å². The van der Waals surface area contributed by atoms with Gasteiger partial charge in [-0.05, 0) is 58.5 Å². The minimum Gasteiger partial charge on any atom is -0.480 e. The van der Waals surface area contributed by atoms with E-state index in [-0.39, 0.29) is 23.3 Å². The molecule has 1 atom stereocenters. The molecule has 1 amide bonds. The summed E-state index contributed by atoms with van der Waals surface area (Å²) in [6.45, 7) is 6.23. The second-order valence-electron chi connectivity index (χ2n) is 11.2. The third-order valence-corrected chi connectivity index (χ3v) is 7.07. The summed E-state index contributed by atoms with van der Waals surface area (Å²) in [6.07, 6.45) is 0.0833. The first-order valence-electron chi connectivity index (χ1n) is 13.6. The van der Waals surface area contributed by atoms with Gasteiger partial charge in [0.05, 0.1) is 0 Å². The SMILES string of the molecule is CC(C)(C)c1ccc(C(=O)NC(Cc2ccc(-c3noc(-c4ccc(-c5ccc(F)cc5F)cc4)n3)cc2)C(=O)O)cc1. The Kier molecular flexibility index (Phi) is 8.16. The van der Waals surface area contributed by atoms with Gasteiger partial charge in [0.25, 0.3) is 11.8 Å². The molecule has 1 heterocycles. The predicted molar refractivity (Wildman–Crippen MR) is 158 cm³/mol. The van der Waals surface area contributed by atoms with Crippen LogP contribution >= 0.6 is 0 Å². The molecule has 0 radical (unpaired) electrons. The van der Waals surface area contributed by atoms with E-state index < -0.39 is 29.6 Å². The first kappa shape index (κ1) is 29.3. The lowest BCUT2D eigenvalue weighted by Gasteiger charge is -2.19. The van der Waals surface area contributed by atoms with E-state index in [9.17, 15) is 23.5 Å². The van der Waals surface area contributed by atoms with Gasteiger partial charge in [0.2, 0.25) is 5.82 Å². The molecule has 1 unspecified atom stereocenters. The number of carbonyl (C=O) groups excluding carboxylic acids is 1. The van der Waals surface area contributed by atoms with Gasteiger partial charge < -0.3 is 14.9 Å². The molecule has 43 heavy (non-hydrogen) atoms. The van der Waals surface area contributed by atoms with Gasteiger partial charge in [0.1, 0.15) is 17.7 Å². The molecule has 9 heteroatoms. The highest BCUT2D eigenvalue weighted by Gasteiger charge is 2.22. The van der Waals surface area contributed by atoms with E-state index in [0.29, 0.717) is 33.6 Å². The normalized spacial score (nSPS) is 12.1. The molecule has 0 aliphatic heterocycles. The molecule has 4 aromatic carbocycles. The van der Waals surface area contributed by atoms with E-state index in [1.807, 2.05) is 12.1 Å². The molecule has 0 saturated heterocycles. The quantitative estimate of drug-likeness (QED) is 0.203. The van der Waals surface area contributed by atoms with Crippen LogP contribution in [-0.2, 0) is 16.6 Å². The maximum atomic E-state index is 14.1. The van der Waals surface area contributed by atoms with Crippen LogP contribution in [0.5, 0.6) is 0 Å². The lowest BCUT2D eigenvalue weighted by molar-refractivity contribution is -0.139. The topological polar surface area (TPSA) is 105 Å². The Labute approximate surface area is 247 Å². The van der Waals surface area contributed by atoms with Crippen LogP contribution < -0.4 is 5.32 Å². The fourth-order valence-corrected chi connectivity index (χ4v) is 4.56. The Morgan fingerprint density at radius 2 is 1.49 bits per heavy atom. The lowest BCUT2D eigenvalue weighted by atomic mass is 9.86. The van der Waals surface area contributed by atoms with Crippen molar-refractivity contribution in [1.82, 2.24) is 15.5 Å². The lowest BCUT2D eigenvalue weighted by Crippen LogP contribution is -2.42. The average molecular weight is 582 g/mol. The number of nitrogens with one attached hydrogen (secondary N) is 1. The first-order valence-corrected chi connectivity index (χ1v) is 13.6. The molecule has 218 valence electrons. The number of amides is 1. The van der Waals surface area contributed by atoms with Gasteiger partial charge in [0, 0.05) is 34.7 Å². The number of benzene rings is 4. The summed E-state index contributed by atoms with van der Waals surface area (Å²) in [6, 6.07) is 23.2. The van der Waals surface area contributed by atoms with E-state index >= 15 is 0 Å². The van der Waals surface area contributed by atoms with Crippen LogP contribution in [0.2, 0.25) is 0 Å². The fourth-order valence-electron chi connectivity index (χ4n) is 4.56. The van der Waals surface area contributed by atoms with Crippen molar-refractivity contribution in [2.45, 2.75) is 38.6 Å². The smallest absolute Gasteiger partial charge is 0.326 e. The van der Waals surface area contributed by atoms with Gasteiger partial charge in [-0.1, -0.05) is 74.5 Å². The van der Waals surface area contributed by atoms with E-state index in [0.717, 1.165) is 11.6 Å². The summed E-state index contributed by atoms with van der Waals surface area (Å²) < 4.78 is 32.8. The Morgan fingerprint density at radius 3 is 2.09 bits per heavy atom. The van der Waals surface area contributed by atoms with Crippen LogP contribution in [0.1, 0.15) is 42.3 Å². The molecule has 5 rings (SSSR count). The summed E-state index contributed by atoms with van der Waals surface area (Å²) >= 11 is 0. The number of carboxylic acids is 1. The second kappa shape index (κ2) is 12.0. The van der Waals surface area contributed by atoms with Crippen molar-refractivity contribution in [1.29, 1.82) is 0 Å². The van der Waals surface area contributed by atoms with Crippen molar-refractivity contribution in [2.75, 3.05) is 0 Å². The van der Waals surface area contributed by atoms with Gasteiger partial charge in [-0.15, -0.1) is 0 Å². The molecule has 1 aromatic heterocycles. The number of halogens is 2. The average Bonchev–Trinajstić information content (AvgIpc) is 3.47. The molecule has 0 spiro atoms. The van der Waals surface area contributed by atoms with Crippen molar-refractivity contribution in [3.8, 4) is 34.0 Å². The molecule has 0 aliphatic carbocycles. The van der Waals surface area contributed by atoms with Crippen molar-refractivity contribution in [3.63, 3.8) is 0 Å². The summed E-state index contributed by atoms with van der Waals surface area (Å²) in [5.41, 5.74) is 4.22. The Balaban J connectivity index is 1.24. The molecule has 5 aromatic rings. The van der Waals surface area contributed by atoms with Gasteiger partial charge in [-0.2, -0.15) is 4.98 Å². The van der Waals surface area contributed by atoms with E-state index in [1.54, 1.807) is 60.7 Å². The minimum absolute atomic E-state index is 0.0620. The highest BCUT2D eigenvalue weighted by Crippen LogP contribution is 2.28. The fraction of sp³-hybridized carbons (Fsp3) is 0.176. The number of rotatable bonds is 8. The van der Waals surface area contributed by atoms with Crippen molar-refractivity contribution in [2.24, 2.45) is 0 Å². The molecule has 0 fully saturated rings. The number of hydrogen-bond donors (Lipinski definition) is 2. The van der Waals surface area contributed by atoms with Crippen LogP contribution in [0, 0.1) is 11.6 Å². The van der Waals surface area contributed by atoms with Crippen molar-refractivity contribution >= 4 is 11.9 Å². The summed E-state index contributed by atoms with van der Waals surface area (Å²) in [4.78, 5) is 29.1. The molecule has 0 aliphatic rings. The largest absolute Gasteiger partial charge is 0.480 e. The summed E-state index contributed by atoms with van der Waals surface area (Å²) in [5.74, 6) is -2.31.